The van der Waals surface area contributed by atoms with Gasteiger partial charge in [-0.25, -0.2) is 13.4 Å². The summed E-state index contributed by atoms with van der Waals surface area (Å²) in [7, 11) is -2.78. The van der Waals surface area contributed by atoms with Gasteiger partial charge in [0.15, 0.2) is 15.0 Å². The lowest BCUT2D eigenvalue weighted by Crippen LogP contribution is -2.15. The topological polar surface area (TPSA) is 59.1 Å². The molecule has 1 unspecified atom stereocenters. The van der Waals surface area contributed by atoms with Gasteiger partial charge in [0.25, 0.3) is 0 Å². The fourth-order valence-corrected chi connectivity index (χ4v) is 4.95. The highest BCUT2D eigenvalue weighted by molar-refractivity contribution is 7.91. The van der Waals surface area contributed by atoms with E-state index in [1.54, 1.807) is 11.3 Å². The Hall–Kier alpha value is -1.14. The van der Waals surface area contributed by atoms with Crippen LogP contribution < -0.4 is 5.32 Å². The van der Waals surface area contributed by atoms with Crippen LogP contribution in [0.15, 0.2) is 24.3 Å². The lowest BCUT2D eigenvalue weighted by molar-refractivity contribution is 0.596. The number of sulfone groups is 1. The van der Waals surface area contributed by atoms with Crippen molar-refractivity contribution < 1.29 is 8.42 Å². The molecule has 2 aromatic rings. The third kappa shape index (κ3) is 2.49. The van der Waals surface area contributed by atoms with Crippen LogP contribution in [0.1, 0.15) is 6.42 Å². The van der Waals surface area contributed by atoms with Crippen molar-refractivity contribution in [2.45, 2.75) is 6.42 Å². The number of benzene rings is 1. The fraction of sp³-hybridized carbons (Fsp3) is 0.417. The predicted molar refractivity (Wildman–Crippen MR) is 74.9 cm³/mol. The first-order valence-corrected chi connectivity index (χ1v) is 8.56. The minimum atomic E-state index is -2.78. The van der Waals surface area contributed by atoms with E-state index in [0.29, 0.717) is 18.1 Å². The van der Waals surface area contributed by atoms with E-state index in [0.717, 1.165) is 21.8 Å². The SMILES string of the molecule is O=S1(=O)CCC(CNc2nc3ccccc3s2)C1. The molecule has 1 aromatic heterocycles. The molecule has 0 radical (unpaired) electrons. The number of hydrogen-bond acceptors (Lipinski definition) is 5. The molecule has 1 N–H and O–H groups in total. The second-order valence-electron chi connectivity index (χ2n) is 4.64. The number of hydrogen-bond donors (Lipinski definition) is 1. The van der Waals surface area contributed by atoms with Crippen molar-refractivity contribution in [1.82, 2.24) is 4.98 Å². The summed E-state index contributed by atoms with van der Waals surface area (Å²) in [5.41, 5.74) is 0.990. The second kappa shape index (κ2) is 4.51. The average molecular weight is 282 g/mol. The number of para-hydroxylation sites is 1. The maximum atomic E-state index is 11.4. The lowest BCUT2D eigenvalue weighted by Gasteiger charge is -2.07. The quantitative estimate of drug-likeness (QED) is 0.937. The van der Waals surface area contributed by atoms with Crippen molar-refractivity contribution >= 4 is 36.5 Å². The summed E-state index contributed by atoms with van der Waals surface area (Å²) >= 11 is 1.61. The van der Waals surface area contributed by atoms with E-state index < -0.39 is 9.84 Å². The van der Waals surface area contributed by atoms with Crippen LogP contribution >= 0.6 is 11.3 Å². The van der Waals surface area contributed by atoms with E-state index in [2.05, 4.69) is 10.3 Å². The molecule has 0 bridgehead atoms. The summed E-state index contributed by atoms with van der Waals surface area (Å²) in [4.78, 5) is 4.47. The van der Waals surface area contributed by atoms with Crippen molar-refractivity contribution in [3.8, 4) is 0 Å². The molecule has 0 saturated carbocycles. The average Bonchev–Trinajstić information content (AvgIpc) is 2.89. The molecular weight excluding hydrogens is 268 g/mol. The van der Waals surface area contributed by atoms with Crippen molar-refractivity contribution in [3.05, 3.63) is 24.3 Å². The monoisotopic (exact) mass is 282 g/mol. The number of nitrogens with one attached hydrogen (secondary N) is 1. The molecule has 3 rings (SSSR count). The second-order valence-corrected chi connectivity index (χ2v) is 7.90. The number of rotatable bonds is 3. The molecule has 1 atom stereocenters. The highest BCUT2D eigenvalue weighted by Crippen LogP contribution is 2.26. The first kappa shape index (κ1) is 11.9. The first-order chi connectivity index (χ1) is 8.62. The lowest BCUT2D eigenvalue weighted by atomic mass is 10.1. The zero-order chi connectivity index (χ0) is 12.6. The Morgan fingerprint density at radius 1 is 1.39 bits per heavy atom. The van der Waals surface area contributed by atoms with Crippen LogP contribution in [0.3, 0.4) is 0 Å². The summed E-state index contributed by atoms with van der Waals surface area (Å²) < 4.78 is 23.9. The van der Waals surface area contributed by atoms with Crippen LogP contribution in [-0.2, 0) is 9.84 Å². The van der Waals surface area contributed by atoms with Gasteiger partial charge in [0.2, 0.25) is 0 Å². The molecule has 1 fully saturated rings. The summed E-state index contributed by atoms with van der Waals surface area (Å²) in [6.07, 6.45) is 0.764. The molecule has 2 heterocycles. The number of anilines is 1. The van der Waals surface area contributed by atoms with Gasteiger partial charge >= 0.3 is 0 Å². The maximum absolute atomic E-state index is 11.4. The van der Waals surface area contributed by atoms with Gasteiger partial charge in [-0.3, -0.25) is 0 Å². The molecule has 1 aliphatic rings. The maximum Gasteiger partial charge on any atom is 0.183 e. The van der Waals surface area contributed by atoms with E-state index in [9.17, 15) is 8.42 Å². The van der Waals surface area contributed by atoms with E-state index >= 15 is 0 Å². The Kier molecular flexibility index (Phi) is 2.99. The molecule has 1 aliphatic heterocycles. The highest BCUT2D eigenvalue weighted by Gasteiger charge is 2.27. The van der Waals surface area contributed by atoms with Gasteiger partial charge in [0.05, 0.1) is 21.7 Å². The molecule has 6 heteroatoms. The molecule has 0 spiro atoms. The number of fused-ring (bicyclic) bond motifs is 1. The van der Waals surface area contributed by atoms with Crippen LogP contribution in [0.2, 0.25) is 0 Å². The molecule has 96 valence electrons. The third-order valence-electron chi connectivity index (χ3n) is 3.16. The molecule has 0 amide bonds. The van der Waals surface area contributed by atoms with Gasteiger partial charge < -0.3 is 5.32 Å². The fourth-order valence-electron chi connectivity index (χ4n) is 2.21. The van der Waals surface area contributed by atoms with E-state index in [1.165, 1.54) is 0 Å². The Balaban J connectivity index is 1.67. The van der Waals surface area contributed by atoms with Gasteiger partial charge in [-0.1, -0.05) is 23.5 Å². The Morgan fingerprint density at radius 2 is 2.22 bits per heavy atom. The smallest absolute Gasteiger partial charge is 0.183 e. The van der Waals surface area contributed by atoms with Gasteiger partial charge in [0.1, 0.15) is 0 Å². The Morgan fingerprint density at radius 3 is 2.94 bits per heavy atom. The van der Waals surface area contributed by atoms with Crippen LogP contribution in [0.4, 0.5) is 5.13 Å². The highest BCUT2D eigenvalue weighted by atomic mass is 32.2. The zero-order valence-corrected chi connectivity index (χ0v) is 11.4. The standard InChI is InChI=1S/C12H14N2O2S2/c15-18(16)6-5-9(8-18)7-13-12-14-10-3-1-2-4-11(10)17-12/h1-4,9H,5-8H2,(H,13,14). The summed E-state index contributed by atoms with van der Waals surface area (Å²) in [6.45, 7) is 0.694. The minimum absolute atomic E-state index is 0.224. The zero-order valence-electron chi connectivity index (χ0n) is 9.80. The summed E-state index contributed by atoms with van der Waals surface area (Å²) in [5.74, 6) is 0.867. The van der Waals surface area contributed by atoms with Crippen LogP contribution in [0.5, 0.6) is 0 Å². The van der Waals surface area contributed by atoms with Crippen LogP contribution in [0.25, 0.3) is 10.2 Å². The summed E-state index contributed by atoms with van der Waals surface area (Å²) in [5, 5.41) is 4.13. The number of nitrogens with zero attached hydrogens (tertiary/aromatic N) is 1. The molecule has 4 nitrogen and oxygen atoms in total. The van der Waals surface area contributed by atoms with Gasteiger partial charge in [-0.15, -0.1) is 0 Å². The third-order valence-corrected chi connectivity index (χ3v) is 5.99. The Bertz CT molecular complexity index is 631. The summed E-state index contributed by atoms with van der Waals surface area (Å²) in [6, 6.07) is 7.98. The van der Waals surface area contributed by atoms with Gasteiger partial charge in [-0.05, 0) is 24.5 Å². The normalized spacial score (nSPS) is 22.3. The molecule has 1 aromatic carbocycles. The van der Waals surface area contributed by atoms with Crippen molar-refractivity contribution in [3.63, 3.8) is 0 Å². The number of aromatic nitrogens is 1. The molecular formula is C12H14N2O2S2. The molecule has 1 saturated heterocycles. The molecule has 0 aliphatic carbocycles. The predicted octanol–water partition coefficient (Wildman–Crippen LogP) is 2.14. The molecule has 18 heavy (non-hydrogen) atoms. The Labute approximate surface area is 110 Å². The first-order valence-electron chi connectivity index (χ1n) is 5.92. The van der Waals surface area contributed by atoms with E-state index in [4.69, 9.17) is 0 Å². The van der Waals surface area contributed by atoms with Crippen molar-refractivity contribution in [2.24, 2.45) is 5.92 Å². The van der Waals surface area contributed by atoms with E-state index in [-0.39, 0.29) is 5.92 Å². The van der Waals surface area contributed by atoms with Crippen molar-refractivity contribution in [2.75, 3.05) is 23.4 Å². The van der Waals surface area contributed by atoms with Gasteiger partial charge in [-0.2, -0.15) is 0 Å². The van der Waals surface area contributed by atoms with Crippen LogP contribution in [0, 0.1) is 5.92 Å². The van der Waals surface area contributed by atoms with Crippen molar-refractivity contribution in [1.29, 1.82) is 0 Å². The number of thiazole rings is 1. The van der Waals surface area contributed by atoms with E-state index in [1.807, 2.05) is 24.3 Å². The van der Waals surface area contributed by atoms with Gasteiger partial charge in [0, 0.05) is 6.54 Å². The van der Waals surface area contributed by atoms with Crippen LogP contribution in [-0.4, -0.2) is 31.5 Å². The minimum Gasteiger partial charge on any atom is -0.361 e. The largest absolute Gasteiger partial charge is 0.361 e.